The molecule has 48 atom stereocenters. The summed E-state index contributed by atoms with van der Waals surface area (Å²) in [6.45, 7) is -12.6. The number of carbonyl (C=O) groups is 1. The van der Waals surface area contributed by atoms with Crippen molar-refractivity contribution in [2.24, 2.45) is 22.9 Å². The van der Waals surface area contributed by atoms with E-state index in [4.69, 9.17) is 108 Å². The highest BCUT2D eigenvalue weighted by atomic mass is 31.2. The maximum Gasteiger partial charge on any atom is 0.472 e. The Morgan fingerprint density at radius 2 is 0.855 bits per heavy atom. The van der Waals surface area contributed by atoms with E-state index in [9.17, 15) is 167 Å². The monoisotopic (exact) mass is 1750 g/mol. The van der Waals surface area contributed by atoms with Gasteiger partial charge in [0, 0.05) is 13.0 Å². The molecule has 8 fully saturated rings. The Morgan fingerprint density at radius 3 is 1.41 bits per heavy atom. The lowest BCUT2D eigenvalue weighted by atomic mass is 9.91. The number of phosphoric acid groups is 1. The third-order valence-electron chi connectivity index (χ3n) is 20.8. The van der Waals surface area contributed by atoms with Crippen molar-refractivity contribution in [3.05, 3.63) is 0 Å². The molecule has 0 amide bonds. The van der Waals surface area contributed by atoms with Crippen molar-refractivity contribution in [1.29, 1.82) is 0 Å². The summed E-state index contributed by atoms with van der Waals surface area (Å²) in [4.78, 5) is 23.8. The molecular weight excluding hydrogens is 1640 g/mol. The van der Waals surface area contributed by atoms with Crippen LogP contribution in [-0.2, 0) is 94.2 Å². The lowest BCUT2D eigenvalue weighted by Gasteiger charge is -2.51. The number of aliphatic hydroxyl groups is 29. The Balaban J connectivity index is 1.10. The van der Waals surface area contributed by atoms with Crippen molar-refractivity contribution in [3.8, 4) is 0 Å². The third-order valence-corrected chi connectivity index (χ3v) is 21.8. The summed E-state index contributed by atoms with van der Waals surface area (Å²) in [7, 11) is -5.23. The minimum atomic E-state index is -5.23. The van der Waals surface area contributed by atoms with Crippen molar-refractivity contribution in [1.82, 2.24) is 0 Å². The Hall–Kier alpha value is -2.38. The molecule has 0 bridgehead atoms. The van der Waals surface area contributed by atoms with E-state index in [1.165, 1.54) is 0 Å². The second-order valence-electron chi connectivity index (χ2n) is 28.9. The molecule has 1 unspecified atom stereocenters. The average molecular weight is 1750 g/mol. The van der Waals surface area contributed by atoms with E-state index in [-0.39, 0.29) is 6.54 Å². The Bertz CT molecular complexity index is 3020. The zero-order valence-corrected chi connectivity index (χ0v) is 62.4. The summed E-state index contributed by atoms with van der Waals surface area (Å²) in [5.41, 5.74) is 23.1. The van der Waals surface area contributed by atoms with Crippen LogP contribution >= 0.6 is 7.82 Å². The highest BCUT2D eigenvalue weighted by Crippen LogP contribution is 2.45. The standard InChI is InChI=1S/C61H111N4O51P/c62-1-2-102-117(97,98)103-12-20(77)46-42(93)50(43(94)57(108-46)111-47-15(72)3-61(60(95)96,116-48(47)17(74)6-68)101-13-24-31(82)32(83)25(64)53(107-24)99-10-18(75)28(79)27(78)14(63)4-66)113-58-52(37(88)35(86)44(109-58)16(73)5-67)115-59-51(114-54-26(65)33(84)29(80)21(7-69)104-54)38(89)36(87)45(110-59)19(76)11-100-55-41(92)39(90)49(23(9-71)106-55)112-56-40(91)34(85)30(81)22(8-70)105-56/h14-59,66-94H,1-13,62-65H2,(H,95,96)(H,97,98)/t14-,15+,16-,17+,18+,19+,20-,21+,22+,23+,24+,25+,26+,27+,28+,29+,30+,31+,32+,33+,34-,35-,36-,37-,38-,39+,40+,41+,42+,43-,44+,45+,46+,47+,48+,49-,50-,51-,52-,53+,54-,55+,56+,57+,58+,59+,61+/m0/s1. The summed E-state index contributed by atoms with van der Waals surface area (Å²) in [5, 5.41) is 330. The second kappa shape index (κ2) is 43.7. The normalized spacial score (nSPS) is 46.4. The van der Waals surface area contributed by atoms with E-state index in [1.54, 1.807) is 0 Å². The molecule has 0 saturated carbocycles. The number of ether oxygens (including phenoxy) is 16. The summed E-state index contributed by atoms with van der Waals surface area (Å²) in [6, 6.07) is -5.04. The number of phosphoric ester groups is 1. The van der Waals surface area contributed by atoms with Gasteiger partial charge in [0.15, 0.2) is 44.0 Å². The van der Waals surface area contributed by atoms with E-state index in [0.717, 1.165) is 0 Å². The molecule has 55 nitrogen and oxygen atoms in total. The van der Waals surface area contributed by atoms with E-state index in [2.05, 4.69) is 0 Å². The Morgan fingerprint density at radius 1 is 0.419 bits per heavy atom. The minimum Gasteiger partial charge on any atom is -0.477 e. The van der Waals surface area contributed by atoms with Gasteiger partial charge >= 0.3 is 13.8 Å². The molecule has 8 heterocycles. The van der Waals surface area contributed by atoms with Crippen LogP contribution in [0.5, 0.6) is 0 Å². The lowest BCUT2D eigenvalue weighted by molar-refractivity contribution is -0.410. The number of carboxylic acid groups (broad SMARTS) is 1. The highest BCUT2D eigenvalue weighted by Gasteiger charge is 2.62. The number of aliphatic hydroxyl groups excluding tert-OH is 29. The van der Waals surface area contributed by atoms with E-state index >= 15 is 0 Å². The summed E-state index contributed by atoms with van der Waals surface area (Å²) in [6.07, 6.45) is -98.7. The van der Waals surface area contributed by atoms with Gasteiger partial charge in [-0.25, -0.2) is 9.36 Å². The maximum atomic E-state index is 13.4. The van der Waals surface area contributed by atoms with Gasteiger partial charge in [0.25, 0.3) is 5.79 Å². The zero-order valence-electron chi connectivity index (χ0n) is 61.5. The van der Waals surface area contributed by atoms with Gasteiger partial charge in [-0.05, 0) is 0 Å². The molecule has 8 aliphatic rings. The molecule has 56 heteroatoms. The van der Waals surface area contributed by atoms with E-state index in [1.807, 2.05) is 0 Å². The van der Waals surface area contributed by atoms with Crippen molar-refractivity contribution in [2.75, 3.05) is 79.2 Å². The molecular formula is C61H111N4O51P. The molecule has 686 valence electrons. The largest absolute Gasteiger partial charge is 0.477 e. The van der Waals surface area contributed by atoms with Gasteiger partial charge in [-0.1, -0.05) is 0 Å². The van der Waals surface area contributed by atoms with Crippen LogP contribution in [0.15, 0.2) is 0 Å². The fraction of sp³-hybridized carbons (Fsp3) is 0.984. The number of carboxylic acids is 1. The summed E-state index contributed by atoms with van der Waals surface area (Å²) in [5.74, 6) is -5.44. The lowest BCUT2D eigenvalue weighted by Crippen LogP contribution is -2.70. The molecule has 8 aliphatic heterocycles. The number of nitrogens with two attached hydrogens (primary N) is 4. The predicted molar refractivity (Wildman–Crippen MR) is 358 cm³/mol. The van der Waals surface area contributed by atoms with Gasteiger partial charge in [0.1, 0.15) is 208 Å². The van der Waals surface area contributed by atoms with Gasteiger partial charge in [0.05, 0.1) is 103 Å². The van der Waals surface area contributed by atoms with Crippen LogP contribution in [0, 0.1) is 0 Å². The molecule has 0 aromatic heterocycles. The average Bonchev–Trinajstić information content (AvgIpc) is 0.758. The molecule has 8 saturated heterocycles. The van der Waals surface area contributed by atoms with Crippen LogP contribution in [0.4, 0.5) is 0 Å². The van der Waals surface area contributed by atoms with Crippen LogP contribution in [0.25, 0.3) is 0 Å². The van der Waals surface area contributed by atoms with Gasteiger partial charge < -0.3 is 257 Å². The molecule has 8 rings (SSSR count). The quantitative estimate of drug-likeness (QED) is 0.0254. The SMILES string of the molecule is NCCOP(=O)(O)OC[C@H](O)[C@H]1O[C@H](O[C@H]2[C@@H]([C@H](O)CO)O[C@@](OC[C@H]3O[C@@H](OC[C@@H](O)[C@@H](O)[C@H](O)[C@@H](N)CO)[C@H](N)[C@@H](O)[C@@H]3O)(C(=O)O)C[C@H]2O)[C@@H](O)[C@@H](O[C@H]2O[C@H]([C@@H](O)CO)[C@@H](O)[C@H](O)[C@@H]2O[C@H]2O[C@H]([C@H](O)CO[C@@H]3O[C@H](CO)[C@H](O[C@H]4O[C@H](CO)[C@@H](O)[C@H](O)[C@H]4O)[C@H](O)[C@H]3O)[C@@H](O)[C@H](O)[C@@H]2O[C@@H]2O[C@H](CO)[C@@H](O)[C@H](O)[C@H]2N)[C@@H]1O. The van der Waals surface area contributed by atoms with Crippen molar-refractivity contribution >= 4 is 13.8 Å². The molecule has 0 radical (unpaired) electrons. The number of aliphatic carboxylic acids is 1. The van der Waals surface area contributed by atoms with Crippen LogP contribution in [-0.4, -0.2) is 531 Å². The Kier molecular flexibility index (Phi) is 37.4. The zero-order chi connectivity index (χ0) is 87.1. The van der Waals surface area contributed by atoms with Crippen LogP contribution in [0.1, 0.15) is 6.42 Å². The third kappa shape index (κ3) is 22.9. The van der Waals surface area contributed by atoms with E-state index in [0.29, 0.717) is 0 Å². The predicted octanol–water partition coefficient (Wildman–Crippen LogP) is -23.1. The van der Waals surface area contributed by atoms with Crippen molar-refractivity contribution in [2.45, 2.75) is 294 Å². The van der Waals surface area contributed by atoms with Crippen LogP contribution in [0.2, 0.25) is 0 Å². The summed E-state index contributed by atoms with van der Waals surface area (Å²) < 4.78 is 114. The van der Waals surface area contributed by atoms with Crippen LogP contribution < -0.4 is 22.9 Å². The van der Waals surface area contributed by atoms with Gasteiger partial charge in [-0.15, -0.1) is 0 Å². The first-order valence-corrected chi connectivity index (χ1v) is 38.1. The molecule has 39 N–H and O–H groups in total. The molecule has 0 aliphatic carbocycles. The van der Waals surface area contributed by atoms with Gasteiger partial charge in [-0.3, -0.25) is 9.05 Å². The number of rotatable bonds is 39. The highest BCUT2D eigenvalue weighted by molar-refractivity contribution is 7.47. The fourth-order valence-electron chi connectivity index (χ4n) is 13.9. The smallest absolute Gasteiger partial charge is 0.472 e. The number of hydrogen-bond acceptors (Lipinski definition) is 53. The molecule has 0 aromatic rings. The first-order valence-electron chi connectivity index (χ1n) is 36.6. The molecule has 0 aromatic carbocycles. The minimum absolute atomic E-state index is 0.381. The summed E-state index contributed by atoms with van der Waals surface area (Å²) >= 11 is 0. The molecule has 0 spiro atoms. The first kappa shape index (κ1) is 100. The molecule has 117 heavy (non-hydrogen) atoms. The maximum absolute atomic E-state index is 13.4. The van der Waals surface area contributed by atoms with Gasteiger partial charge in [-0.2, -0.15) is 0 Å². The second-order valence-corrected chi connectivity index (χ2v) is 30.4. The Labute approximate surface area is 660 Å². The van der Waals surface area contributed by atoms with Crippen molar-refractivity contribution in [3.63, 3.8) is 0 Å². The van der Waals surface area contributed by atoms with Crippen LogP contribution in [0.3, 0.4) is 0 Å². The topological polar surface area (TPSA) is 931 Å². The fourth-order valence-corrected chi connectivity index (χ4v) is 14.6. The van der Waals surface area contributed by atoms with Crippen molar-refractivity contribution < 1.29 is 252 Å². The van der Waals surface area contributed by atoms with Gasteiger partial charge in [0.2, 0.25) is 0 Å². The van der Waals surface area contributed by atoms with E-state index < -0.39 is 381 Å². The first-order chi connectivity index (χ1) is 55.0. The number of hydrogen-bond donors (Lipinski definition) is 35.